The molecule has 7 nitrogen and oxygen atoms in total. The summed E-state index contributed by atoms with van der Waals surface area (Å²) in [7, 11) is -3.12. The standard InChI is InChI=1S/C16H15F3N2O5S/c1-10(11-4-3-5-12(8-11)16(17,18)19)20-27(24,25)15-9-13(21(22)23)6-7-14(15)26-2/h3-10,20H,1-2H3. The second-order valence-electron chi connectivity index (χ2n) is 5.56. The lowest BCUT2D eigenvalue weighted by Gasteiger charge is -2.17. The summed E-state index contributed by atoms with van der Waals surface area (Å²) in [6.45, 7) is 1.36. The largest absolute Gasteiger partial charge is 0.495 e. The maximum atomic E-state index is 12.8. The van der Waals surface area contributed by atoms with Crippen LogP contribution in [-0.2, 0) is 16.2 Å². The lowest BCUT2D eigenvalue weighted by molar-refractivity contribution is -0.385. The van der Waals surface area contributed by atoms with Crippen LogP contribution in [0.5, 0.6) is 5.75 Å². The van der Waals surface area contributed by atoms with Crippen molar-refractivity contribution in [2.24, 2.45) is 0 Å². The van der Waals surface area contributed by atoms with Gasteiger partial charge in [0.05, 0.1) is 17.6 Å². The van der Waals surface area contributed by atoms with E-state index in [4.69, 9.17) is 4.74 Å². The topological polar surface area (TPSA) is 98.5 Å². The lowest BCUT2D eigenvalue weighted by atomic mass is 10.1. The maximum absolute atomic E-state index is 12.8. The smallest absolute Gasteiger partial charge is 0.416 e. The molecule has 1 N–H and O–H groups in total. The quantitative estimate of drug-likeness (QED) is 0.585. The fourth-order valence-electron chi connectivity index (χ4n) is 2.34. The number of sulfonamides is 1. The van der Waals surface area contributed by atoms with Gasteiger partial charge in [0, 0.05) is 18.2 Å². The van der Waals surface area contributed by atoms with Gasteiger partial charge in [-0.05, 0) is 30.7 Å². The minimum Gasteiger partial charge on any atom is -0.495 e. The van der Waals surface area contributed by atoms with Crippen LogP contribution >= 0.6 is 0 Å². The Morgan fingerprint density at radius 3 is 2.41 bits per heavy atom. The molecular formula is C16H15F3N2O5S. The van der Waals surface area contributed by atoms with Crippen LogP contribution in [0, 0.1) is 10.1 Å². The highest BCUT2D eigenvalue weighted by atomic mass is 32.2. The molecule has 0 spiro atoms. The highest BCUT2D eigenvalue weighted by Gasteiger charge is 2.31. The average molecular weight is 404 g/mol. The van der Waals surface area contributed by atoms with E-state index < -0.39 is 43.3 Å². The van der Waals surface area contributed by atoms with Crippen molar-refractivity contribution in [1.29, 1.82) is 0 Å². The minimum absolute atomic E-state index is 0.0813. The van der Waals surface area contributed by atoms with Crippen LogP contribution in [0.15, 0.2) is 47.4 Å². The maximum Gasteiger partial charge on any atom is 0.416 e. The highest BCUT2D eigenvalue weighted by Crippen LogP contribution is 2.32. The van der Waals surface area contributed by atoms with Crippen LogP contribution in [-0.4, -0.2) is 20.5 Å². The molecule has 2 aromatic rings. The van der Waals surface area contributed by atoms with Gasteiger partial charge in [-0.1, -0.05) is 12.1 Å². The monoisotopic (exact) mass is 404 g/mol. The van der Waals surface area contributed by atoms with Crippen LogP contribution in [0.2, 0.25) is 0 Å². The molecular weight excluding hydrogens is 389 g/mol. The van der Waals surface area contributed by atoms with Crippen molar-refractivity contribution >= 4 is 15.7 Å². The fourth-order valence-corrected chi connectivity index (χ4v) is 3.76. The SMILES string of the molecule is COc1ccc([N+](=O)[O-])cc1S(=O)(=O)NC(C)c1cccc(C(F)(F)F)c1. The van der Waals surface area contributed by atoms with Gasteiger partial charge in [0.2, 0.25) is 10.0 Å². The van der Waals surface area contributed by atoms with E-state index in [1.54, 1.807) is 0 Å². The number of nitrogens with zero attached hydrogens (tertiary/aromatic N) is 1. The Bertz CT molecular complexity index is 961. The van der Waals surface area contributed by atoms with E-state index in [1.165, 1.54) is 20.1 Å². The molecule has 1 unspecified atom stereocenters. The number of ether oxygens (including phenoxy) is 1. The first kappa shape index (κ1) is 20.6. The number of nitrogens with one attached hydrogen (secondary N) is 1. The Morgan fingerprint density at radius 1 is 1.19 bits per heavy atom. The highest BCUT2D eigenvalue weighted by molar-refractivity contribution is 7.89. The van der Waals surface area contributed by atoms with E-state index >= 15 is 0 Å². The van der Waals surface area contributed by atoms with Crippen molar-refractivity contribution in [1.82, 2.24) is 4.72 Å². The lowest BCUT2D eigenvalue weighted by Crippen LogP contribution is -2.27. The number of hydrogen-bond donors (Lipinski definition) is 1. The summed E-state index contributed by atoms with van der Waals surface area (Å²) >= 11 is 0. The zero-order chi connectivity index (χ0) is 20.4. The number of alkyl halides is 3. The number of halogens is 3. The molecule has 0 aromatic heterocycles. The van der Waals surface area contributed by atoms with Crippen LogP contribution < -0.4 is 9.46 Å². The predicted octanol–water partition coefficient (Wildman–Crippen LogP) is 3.66. The first-order chi connectivity index (χ1) is 12.5. The van der Waals surface area contributed by atoms with Gasteiger partial charge in [-0.15, -0.1) is 0 Å². The predicted molar refractivity (Wildman–Crippen MR) is 89.8 cm³/mol. The van der Waals surface area contributed by atoms with Gasteiger partial charge in [-0.25, -0.2) is 13.1 Å². The van der Waals surface area contributed by atoms with E-state index in [0.29, 0.717) is 0 Å². The first-order valence-electron chi connectivity index (χ1n) is 7.47. The van der Waals surface area contributed by atoms with Gasteiger partial charge in [0.1, 0.15) is 10.6 Å². The molecule has 0 saturated carbocycles. The zero-order valence-electron chi connectivity index (χ0n) is 14.1. The number of nitro benzene ring substituents is 1. The van der Waals surface area contributed by atoms with Crippen molar-refractivity contribution in [2.45, 2.75) is 24.0 Å². The number of hydrogen-bond acceptors (Lipinski definition) is 5. The van der Waals surface area contributed by atoms with Crippen LogP contribution in [0.25, 0.3) is 0 Å². The zero-order valence-corrected chi connectivity index (χ0v) is 15.0. The van der Waals surface area contributed by atoms with Crippen LogP contribution in [0.3, 0.4) is 0 Å². The van der Waals surface area contributed by atoms with E-state index in [9.17, 15) is 31.7 Å². The van der Waals surface area contributed by atoms with Gasteiger partial charge >= 0.3 is 6.18 Å². The normalized spacial score (nSPS) is 13.2. The molecule has 2 aromatic carbocycles. The summed E-state index contributed by atoms with van der Waals surface area (Å²) in [4.78, 5) is 9.64. The Balaban J connectivity index is 2.39. The Labute approximate surface area is 153 Å². The summed E-state index contributed by atoms with van der Waals surface area (Å²) in [6, 6.07) is 6.20. The van der Waals surface area contributed by atoms with E-state index in [-0.39, 0.29) is 11.3 Å². The molecule has 0 aliphatic rings. The second-order valence-corrected chi connectivity index (χ2v) is 7.24. The fraction of sp³-hybridized carbons (Fsp3) is 0.250. The van der Waals surface area contributed by atoms with Gasteiger partial charge in [-0.3, -0.25) is 10.1 Å². The summed E-state index contributed by atoms with van der Waals surface area (Å²) < 4.78 is 70.9. The average Bonchev–Trinajstić information content (AvgIpc) is 2.60. The first-order valence-corrected chi connectivity index (χ1v) is 8.96. The van der Waals surface area contributed by atoms with Crippen molar-refractivity contribution in [3.8, 4) is 5.75 Å². The summed E-state index contributed by atoms with van der Waals surface area (Å²) in [5, 5.41) is 10.9. The number of non-ortho nitro benzene ring substituents is 1. The third kappa shape index (κ3) is 4.74. The number of nitro groups is 1. The molecule has 0 amide bonds. The van der Waals surface area contributed by atoms with Crippen molar-refractivity contribution < 1.29 is 31.2 Å². The van der Waals surface area contributed by atoms with Crippen LogP contribution in [0.1, 0.15) is 24.1 Å². The summed E-state index contributed by atoms with van der Waals surface area (Å²) in [5.41, 5.74) is -1.31. The van der Waals surface area contributed by atoms with E-state index in [1.807, 2.05) is 0 Å². The van der Waals surface area contributed by atoms with Gasteiger partial charge in [0.25, 0.3) is 5.69 Å². The molecule has 0 saturated heterocycles. The number of benzene rings is 2. The van der Waals surface area contributed by atoms with Crippen LogP contribution in [0.4, 0.5) is 18.9 Å². The molecule has 2 rings (SSSR count). The second kappa shape index (κ2) is 7.53. The van der Waals surface area contributed by atoms with Gasteiger partial charge in [0.15, 0.2) is 0 Å². The third-order valence-electron chi connectivity index (χ3n) is 3.69. The van der Waals surface area contributed by atoms with Crippen molar-refractivity contribution in [2.75, 3.05) is 7.11 Å². The minimum atomic E-state index is -4.57. The van der Waals surface area contributed by atoms with Crippen molar-refractivity contribution in [3.05, 3.63) is 63.7 Å². The molecule has 0 aliphatic carbocycles. The molecule has 11 heteroatoms. The Kier molecular flexibility index (Phi) is 5.76. The van der Waals surface area contributed by atoms with Gasteiger partial charge in [-0.2, -0.15) is 13.2 Å². The Morgan fingerprint density at radius 2 is 1.85 bits per heavy atom. The molecule has 0 aliphatic heterocycles. The molecule has 1 atom stereocenters. The molecule has 0 heterocycles. The molecule has 146 valence electrons. The number of methoxy groups -OCH3 is 1. The van der Waals surface area contributed by atoms with Crippen molar-refractivity contribution in [3.63, 3.8) is 0 Å². The molecule has 27 heavy (non-hydrogen) atoms. The molecule has 0 radical (unpaired) electrons. The third-order valence-corrected chi connectivity index (χ3v) is 5.26. The van der Waals surface area contributed by atoms with E-state index in [0.717, 1.165) is 36.4 Å². The van der Waals surface area contributed by atoms with E-state index in [2.05, 4.69) is 4.72 Å². The summed E-state index contributed by atoms with van der Waals surface area (Å²) in [5.74, 6) is -0.135. The molecule has 0 fully saturated rings. The Hall–Kier alpha value is -2.66. The summed E-state index contributed by atoms with van der Waals surface area (Å²) in [6.07, 6.45) is -4.57. The molecule has 0 bridgehead atoms. The van der Waals surface area contributed by atoms with Gasteiger partial charge < -0.3 is 4.74 Å². The number of rotatable bonds is 6.